The number of unbranched alkanes of at least 4 members (excludes halogenated alkanes) is 12. The molecule has 0 radical (unpaired) electrons. The number of alkyl halides is 2. The van der Waals surface area contributed by atoms with Crippen molar-refractivity contribution < 1.29 is 114 Å². The van der Waals surface area contributed by atoms with E-state index in [-0.39, 0.29) is 58.4 Å². The number of rotatable bonds is 36. The zero-order chi connectivity index (χ0) is 75.8. The average molecular weight is 1710 g/mol. The molecule has 572 valence electrons. The van der Waals surface area contributed by atoms with Gasteiger partial charge in [0.05, 0.1) is 25.9 Å². The Balaban J connectivity index is 0.000000639. The van der Waals surface area contributed by atoms with Crippen LogP contribution in [0.15, 0.2) is 36.9 Å². The quantitative estimate of drug-likeness (QED) is 0.00870. The van der Waals surface area contributed by atoms with Crippen LogP contribution in [-0.2, 0) is 55.3 Å². The van der Waals surface area contributed by atoms with Crippen LogP contribution < -0.4 is 26.5 Å². The Hall–Kier alpha value is 1.85. The number of nitrogen functional groups attached to an aromatic ring is 2. The summed E-state index contributed by atoms with van der Waals surface area (Å²) in [6.07, 6.45) is 12.6. The number of aliphatic hydroxyl groups excluding tert-OH is 3. The minimum atomic E-state index is -5.74. The van der Waals surface area contributed by atoms with Crippen molar-refractivity contribution in [3.63, 3.8) is 0 Å². The number of nitrogens with one attached hydrogen (secondary N) is 2. The van der Waals surface area contributed by atoms with Gasteiger partial charge in [0, 0.05) is 0 Å². The second-order valence-electron chi connectivity index (χ2n) is 22.1. The van der Waals surface area contributed by atoms with Crippen LogP contribution >= 0.6 is 128 Å². The molecule has 6 rings (SSSR count). The van der Waals surface area contributed by atoms with Crippen LogP contribution in [0.5, 0.6) is 0 Å². The van der Waals surface area contributed by atoms with Crippen molar-refractivity contribution in [1.29, 1.82) is 1.28 Å². The maximum Gasteiger partial charge on any atom is 0.490 e. The SMILES string of the molecule is CCCCCCCC.CCCCCCCC.CCCCNP(NCCCC)(OO)(OOO)[P+](=O)[O-].C[C@]1(CO)O[C@@H](c2ccc3c(N)ncnn23)[C@H](F)[C@@H]1O.C[C@]1(COP(=O)(O)OP(=O)(O)OP(=O)(O)O)O[C@@H](c2ccc3c(N)ncnn23)[C@H](F)[C@@H]1O.[3H]P(P(P)P)P(P(P)P)P(P)P. The summed E-state index contributed by atoms with van der Waals surface area (Å²) in [6.45, 7) is 13.9. The van der Waals surface area contributed by atoms with E-state index in [2.05, 4.69) is 139 Å². The van der Waals surface area contributed by atoms with Gasteiger partial charge in [-0.15, -0.1) is 53.6 Å². The number of anilines is 2. The van der Waals surface area contributed by atoms with E-state index in [1.807, 2.05) is 13.8 Å². The summed E-state index contributed by atoms with van der Waals surface area (Å²) in [7, 11) is -8.51. The van der Waals surface area contributed by atoms with Gasteiger partial charge in [0.15, 0.2) is 24.0 Å². The van der Waals surface area contributed by atoms with E-state index in [9.17, 15) is 52.1 Å². The number of nitrogens with two attached hydrogens (primary N) is 2. The van der Waals surface area contributed by atoms with Gasteiger partial charge < -0.3 is 55.8 Å². The van der Waals surface area contributed by atoms with Gasteiger partial charge in [0.25, 0.3) is 0 Å². The van der Waals surface area contributed by atoms with Crippen LogP contribution in [0.2, 0.25) is 0 Å². The summed E-state index contributed by atoms with van der Waals surface area (Å²) in [5.41, 5.74) is 9.52. The zero-order valence-corrected chi connectivity index (χ0v) is 71.8. The van der Waals surface area contributed by atoms with Crippen molar-refractivity contribution in [2.75, 3.05) is 37.8 Å². The van der Waals surface area contributed by atoms with E-state index < -0.39 is 107 Å². The molecular weight excluding hydrogens is 1600 g/mol. The number of fused-ring (bicyclic) bond motifs is 2. The largest absolute Gasteiger partial charge is 0.490 e. The van der Waals surface area contributed by atoms with Crippen LogP contribution in [-0.4, -0.2) is 138 Å². The fourth-order valence-electron chi connectivity index (χ4n) is 8.77. The number of phosphoric acid groups is 3. The van der Waals surface area contributed by atoms with Gasteiger partial charge in [0.1, 0.15) is 59.3 Å². The molecule has 18 atom stereocenters. The summed E-state index contributed by atoms with van der Waals surface area (Å²) in [5.74, 6) is 0.362. The zero-order valence-electron chi connectivity index (χ0n) is 56.9. The van der Waals surface area contributed by atoms with Crippen molar-refractivity contribution in [3.05, 3.63) is 48.3 Å². The summed E-state index contributed by atoms with van der Waals surface area (Å²) >= 11 is 0. The molecule has 2 fully saturated rings. The fourth-order valence-corrected chi connectivity index (χ4v) is 89.1. The van der Waals surface area contributed by atoms with Gasteiger partial charge in [0.2, 0.25) is 0 Å². The minimum Gasteiger partial charge on any atom is -0.393 e. The number of aromatic nitrogens is 6. The van der Waals surface area contributed by atoms with Crippen LogP contribution in [0.1, 0.15) is 182 Å². The Kier molecular flexibility index (Phi) is 47.4. The number of ether oxygens (including phenoxy) is 2. The Bertz CT molecular complexity index is 3090. The normalized spacial score (nSPS) is 23.2. The maximum atomic E-state index is 14.9. The monoisotopic (exact) mass is 1710 g/mol. The number of hydrogen-bond acceptors (Lipinski definition) is 26. The molecule has 15 N–H and O–H groups in total. The average Bonchev–Trinajstić information content (AvgIpc) is 1.75. The number of halogens is 2. The Morgan fingerprint density at radius 1 is 0.694 bits per heavy atom. The Morgan fingerprint density at radius 3 is 1.39 bits per heavy atom. The Labute approximate surface area is 594 Å². The van der Waals surface area contributed by atoms with Crippen LogP contribution in [0.3, 0.4) is 0 Å². The van der Waals surface area contributed by atoms with Crippen molar-refractivity contribution in [2.24, 2.45) is 0 Å². The first-order valence-corrected chi connectivity index (χ1v) is 58.0. The van der Waals surface area contributed by atoms with Gasteiger partial charge in [-0.25, -0.2) is 41.5 Å². The molecule has 4 aromatic heterocycles. The number of phosphoric ester groups is 1. The van der Waals surface area contributed by atoms with Crippen molar-refractivity contribution in [2.45, 2.75) is 206 Å². The summed E-state index contributed by atoms with van der Waals surface area (Å²) in [4.78, 5) is 54.9. The molecule has 2 saturated heterocycles. The Morgan fingerprint density at radius 2 is 1.08 bits per heavy atom. The van der Waals surface area contributed by atoms with Gasteiger partial charge in [-0.1, -0.05) is 113 Å². The summed E-state index contributed by atoms with van der Waals surface area (Å²) in [6, 6.07) is 6.17. The molecule has 98 heavy (non-hydrogen) atoms. The molecule has 2 aliphatic heterocycles. The van der Waals surface area contributed by atoms with Crippen LogP contribution in [0, 0.1) is 0 Å². The minimum absolute atomic E-state index is 0.0591. The van der Waals surface area contributed by atoms with Crippen molar-refractivity contribution in [1.82, 2.24) is 39.4 Å². The van der Waals surface area contributed by atoms with E-state index in [0.717, 1.165) is 26.1 Å². The predicted octanol–water partition coefficient (Wildman–Crippen LogP) is 14.7. The third-order valence-corrected chi connectivity index (χ3v) is 71.4. The molecule has 0 amide bonds. The van der Waals surface area contributed by atoms with Gasteiger partial charge in [-0.3, -0.25) is 4.52 Å². The maximum absolute atomic E-state index is 14.9. The molecule has 32 nitrogen and oxygen atoms in total. The third kappa shape index (κ3) is 32.2. The van der Waals surface area contributed by atoms with Gasteiger partial charge in [-0.05, 0) is 66.1 Å². The first-order valence-electron chi connectivity index (χ1n) is 31.2. The second kappa shape index (κ2) is 48.4. The van der Waals surface area contributed by atoms with Crippen LogP contribution in [0.4, 0.5) is 20.4 Å². The molecule has 4 aromatic rings. The van der Waals surface area contributed by atoms with Gasteiger partial charge >= 0.3 is 135 Å². The van der Waals surface area contributed by atoms with E-state index in [1.165, 1.54) is 111 Å². The second-order valence-corrected chi connectivity index (χ2v) is 71.9. The molecule has 0 saturated carbocycles. The van der Waals surface area contributed by atoms with E-state index in [0.29, 0.717) is 29.6 Å². The smallest absolute Gasteiger partial charge is 0.393 e. The van der Waals surface area contributed by atoms with Gasteiger partial charge in [-0.2, -0.15) is 18.8 Å². The van der Waals surface area contributed by atoms with Crippen LogP contribution in [0.25, 0.3) is 11.0 Å². The topological polar surface area (TPSA) is 484 Å². The fraction of sp³-hybridized carbons (Fsp3) is 0.750. The summed E-state index contributed by atoms with van der Waals surface area (Å²) in [5, 5.41) is 63.4. The standard InChI is InChI=1S/C12H18FN4O12P3.C12H15FN4O3.C8H22N2O7P2.2C8H18.H13P11/c1-12(4-26-31(22,23)29-32(24,25)28-30(19,20)21)10(18)8(13)9(27-12)6-2-3-7-11(14)15-5-16-17(6)7;1-12(4-18)10(19)8(13)9(20-12)6-2-3-7-11(14)15-5-16-17(6)7;1-3-5-7-9-19(16-12,17-15-11,18(13)14)10-8-6-4-2;2*1-3-5-7-8-6-4-2;1-8(2)7-11(9(3)4)10(5)6/h2-3,5,8-10,18H,4H2,1H3,(H,22,23)(H,24,25)(H2,14,15,16)(H2,19,20,21);2-3,5,8-10,18-19H,4H2,1H3,(H2,14,15,16);9-12H,3-8H2,1-2H3;2*3-8H2,1-2H3;7H,1-6H2/t2*8-,9-,10-,12+;;;;/m00..../s1/i;;;;;7T. The molecule has 0 aliphatic carbocycles. The first kappa shape index (κ1) is 95.9. The molecule has 6 heterocycles. The molecule has 2 aliphatic rings. The number of hydrogen-bond donors (Lipinski definition) is 13. The van der Waals surface area contributed by atoms with E-state index >= 15 is 0 Å². The number of nitrogens with zero attached hydrogens (tertiary/aromatic N) is 6. The third-order valence-electron chi connectivity index (χ3n) is 14.0. The molecule has 0 aromatic carbocycles. The van der Waals surface area contributed by atoms with Crippen molar-refractivity contribution >= 4 is 150 Å². The predicted molar refractivity (Wildman–Crippen MR) is 409 cm³/mol. The molecule has 10 unspecified atom stereocenters. The number of aliphatic hydroxyl groups is 3. The molecule has 50 heteroatoms. The van der Waals surface area contributed by atoms with E-state index in [4.69, 9.17) is 47.4 Å². The molecule has 0 spiro atoms. The summed E-state index contributed by atoms with van der Waals surface area (Å²) < 4.78 is 117. The molecule has 0 bridgehead atoms. The van der Waals surface area contributed by atoms with Crippen molar-refractivity contribution in [3.8, 4) is 0 Å². The molecular formula is C48H104F2N10O22P16. The first-order chi connectivity index (χ1) is 46.2. The van der Waals surface area contributed by atoms with E-state index in [1.54, 1.807) is 12.1 Å².